The average Bonchev–Trinajstić information content (AvgIpc) is 2.77. The Hall–Kier alpha value is 0.575. The van der Waals surface area contributed by atoms with Gasteiger partial charge in [-0.15, -0.1) is 6.58 Å². The van der Waals surface area contributed by atoms with Crippen LogP contribution in [0.1, 0.15) is 25.7 Å². The first-order chi connectivity index (χ1) is 10.5. The predicted octanol–water partition coefficient (Wildman–Crippen LogP) is 1.94. The first-order valence-corrected chi connectivity index (χ1v) is 9.70. The molecule has 0 aromatic heterocycles. The summed E-state index contributed by atoms with van der Waals surface area (Å²) in [7, 11) is -0.298. The lowest BCUT2D eigenvalue weighted by atomic mass is 9.98. The SMILES string of the molecule is [2H]P([B][3H])SOCC[C@H]1C[C@H](CCC=C)[C@H](OS(=O)O)[C@@H]1O. The summed E-state index contributed by atoms with van der Waals surface area (Å²) >= 11 is -1.44. The van der Waals surface area contributed by atoms with Crippen molar-refractivity contribution in [3.8, 4) is 0 Å². The molecule has 6 atom stereocenters. The Balaban J connectivity index is 2.46. The molecule has 2 N–H and O–H groups in total. The zero-order valence-corrected chi connectivity index (χ0v) is 13.6. The van der Waals surface area contributed by atoms with Crippen LogP contribution in [0.3, 0.4) is 0 Å². The molecule has 20 heavy (non-hydrogen) atoms. The van der Waals surface area contributed by atoms with E-state index in [2.05, 4.69) is 6.58 Å². The van der Waals surface area contributed by atoms with Crippen molar-refractivity contribution >= 4 is 38.2 Å². The maximum atomic E-state index is 10.9. The van der Waals surface area contributed by atoms with E-state index in [1.807, 2.05) is 0 Å². The zero-order chi connectivity index (χ0) is 16.5. The van der Waals surface area contributed by atoms with E-state index in [-0.39, 0.29) is 11.8 Å². The van der Waals surface area contributed by atoms with Crippen molar-refractivity contribution in [3.05, 3.63) is 12.7 Å². The maximum absolute atomic E-state index is 10.9. The highest BCUT2D eigenvalue weighted by molar-refractivity contribution is 8.53. The fourth-order valence-corrected chi connectivity index (χ4v) is 3.71. The smallest absolute Gasteiger partial charge is 0.302 e. The molecule has 0 saturated heterocycles. The predicted molar refractivity (Wildman–Crippen MR) is 86.3 cm³/mol. The number of hydrogen-bond acceptors (Lipinski definition) is 5. The summed E-state index contributed by atoms with van der Waals surface area (Å²) in [5, 5.41) is 10.3. The quantitative estimate of drug-likeness (QED) is 0.149. The van der Waals surface area contributed by atoms with Crippen LogP contribution in [0, 0.1) is 11.8 Å². The molecule has 0 bridgehead atoms. The van der Waals surface area contributed by atoms with Crippen molar-refractivity contribution in [2.45, 2.75) is 37.9 Å². The van der Waals surface area contributed by atoms with Gasteiger partial charge in [-0.2, -0.15) is 4.21 Å². The first-order valence-electron chi connectivity index (χ1n) is 7.38. The normalized spacial score (nSPS) is 34.1. The van der Waals surface area contributed by atoms with Crippen molar-refractivity contribution in [1.29, 1.82) is 2.61 Å². The highest BCUT2D eigenvalue weighted by atomic mass is 32.7. The molecule has 1 aliphatic carbocycles. The van der Waals surface area contributed by atoms with E-state index < -0.39 is 31.2 Å². The molecule has 1 rings (SSSR count). The molecule has 0 heterocycles. The summed E-state index contributed by atoms with van der Waals surface area (Å²) in [6.45, 7) is 4.02. The van der Waals surface area contributed by atoms with Crippen molar-refractivity contribution < 1.29 is 22.2 Å². The third-order valence-corrected chi connectivity index (χ3v) is 4.81. The second-order valence-corrected chi connectivity index (χ2v) is 6.98. The average molecular weight is 342 g/mol. The Morgan fingerprint density at radius 1 is 1.70 bits per heavy atom. The monoisotopic (exact) mass is 342 g/mol. The van der Waals surface area contributed by atoms with Gasteiger partial charge in [0.05, 0.1) is 14.0 Å². The summed E-state index contributed by atoms with van der Waals surface area (Å²) in [4.78, 5) is 0. The van der Waals surface area contributed by atoms with Crippen LogP contribution in [0.5, 0.6) is 0 Å². The molecule has 1 fully saturated rings. The van der Waals surface area contributed by atoms with Gasteiger partial charge >= 0.3 is 11.4 Å². The second kappa shape index (κ2) is 10.3. The molecular formula is C11H21BO5PS2. The third kappa shape index (κ3) is 6.14. The number of aliphatic hydroxyl groups excluding tert-OH is 1. The van der Waals surface area contributed by atoms with Crippen LogP contribution in [-0.4, -0.2) is 42.8 Å². The number of allylic oxidation sites excluding steroid dienone is 1. The van der Waals surface area contributed by atoms with Crippen molar-refractivity contribution in [2.75, 3.05) is 6.61 Å². The Morgan fingerprint density at radius 3 is 3.15 bits per heavy atom. The lowest BCUT2D eigenvalue weighted by Crippen LogP contribution is -2.32. The van der Waals surface area contributed by atoms with E-state index in [9.17, 15) is 9.32 Å². The summed E-state index contributed by atoms with van der Waals surface area (Å²) in [6.07, 6.45) is 3.11. The van der Waals surface area contributed by atoms with E-state index in [4.69, 9.17) is 15.5 Å². The fraction of sp³-hybridized carbons (Fsp3) is 0.818. The highest BCUT2D eigenvalue weighted by Gasteiger charge is 2.43. The molecular weight excluding hydrogens is 318 g/mol. The molecule has 1 saturated carbocycles. The van der Waals surface area contributed by atoms with Gasteiger partial charge in [-0.1, -0.05) is 13.7 Å². The first kappa shape index (κ1) is 15.5. The van der Waals surface area contributed by atoms with Crippen molar-refractivity contribution in [3.63, 3.8) is 0 Å². The van der Waals surface area contributed by atoms with Crippen LogP contribution < -0.4 is 0 Å². The topological polar surface area (TPSA) is 76.0 Å². The molecule has 1 aliphatic rings. The van der Waals surface area contributed by atoms with Gasteiger partial charge in [0.1, 0.15) is 13.6 Å². The number of rotatable bonds is 11. The van der Waals surface area contributed by atoms with Gasteiger partial charge in [-0.05, 0) is 38.9 Å². The molecule has 0 aliphatic heterocycles. The standard InChI is InChI=1S/C11H21BO5PS2/c1-2-3-4-9-7-8(5-6-16-19-18-12)10(13)11(9)17-20(14)15/h2,8-13,18H,1,3-7H2,(H,14,15)/t8-,9-,10+,11-,18?/m0/s1/i12T,18D. The molecule has 5 nitrogen and oxygen atoms in total. The Labute approximate surface area is 132 Å². The van der Waals surface area contributed by atoms with Crippen LogP contribution in [0.15, 0.2) is 12.7 Å². The van der Waals surface area contributed by atoms with Crippen LogP contribution in [-0.2, 0) is 19.7 Å². The molecule has 2 unspecified atom stereocenters. The largest absolute Gasteiger partial charge is 0.390 e. The van der Waals surface area contributed by atoms with Crippen LogP contribution in [0.25, 0.3) is 0 Å². The van der Waals surface area contributed by atoms with Gasteiger partial charge in [-0.25, -0.2) is 0 Å². The summed E-state index contributed by atoms with van der Waals surface area (Å²) in [5.41, 5.74) is 0. The van der Waals surface area contributed by atoms with E-state index in [0.717, 1.165) is 32.0 Å². The van der Waals surface area contributed by atoms with Gasteiger partial charge in [-0.3, -0.25) is 8.74 Å². The van der Waals surface area contributed by atoms with Crippen LogP contribution in [0.2, 0.25) is 0 Å². The zero-order valence-electron chi connectivity index (χ0n) is 13.1. The molecule has 0 aromatic rings. The molecule has 1 radical (unpaired) electrons. The number of hydrogen-bond donors (Lipinski definition) is 2. The van der Waals surface area contributed by atoms with E-state index in [0.29, 0.717) is 19.4 Å². The lowest BCUT2D eigenvalue weighted by Gasteiger charge is -2.20. The Morgan fingerprint density at radius 2 is 2.50 bits per heavy atom. The van der Waals surface area contributed by atoms with Gasteiger partial charge in [0.25, 0.3) is 0 Å². The number of aliphatic hydroxyl groups is 1. The van der Waals surface area contributed by atoms with Gasteiger partial charge in [0.2, 0.25) is 0 Å². The van der Waals surface area contributed by atoms with E-state index >= 15 is 0 Å². The second-order valence-electron chi connectivity index (χ2n) is 4.68. The molecule has 9 heteroatoms. The minimum atomic E-state index is -2.40. The summed E-state index contributed by atoms with van der Waals surface area (Å²) < 4.78 is 44.3. The van der Waals surface area contributed by atoms with Gasteiger partial charge < -0.3 is 9.29 Å². The molecule has 115 valence electrons. The highest BCUT2D eigenvalue weighted by Crippen LogP contribution is 2.39. The Kier molecular flexibility index (Phi) is 7.99. The molecule has 0 amide bonds. The lowest BCUT2D eigenvalue weighted by molar-refractivity contribution is 0.0182. The van der Waals surface area contributed by atoms with Crippen molar-refractivity contribution in [1.82, 2.24) is 0 Å². The van der Waals surface area contributed by atoms with Crippen LogP contribution in [0.4, 0.5) is 0 Å². The molecule has 0 aromatic carbocycles. The maximum Gasteiger partial charge on any atom is 0.302 e. The third-order valence-electron chi connectivity index (χ3n) is 3.49. The molecule has 0 spiro atoms. The summed E-state index contributed by atoms with van der Waals surface area (Å²) in [6, 6.07) is 0. The van der Waals surface area contributed by atoms with E-state index in [1.54, 1.807) is 6.08 Å². The van der Waals surface area contributed by atoms with Crippen molar-refractivity contribution in [2.24, 2.45) is 11.8 Å². The van der Waals surface area contributed by atoms with E-state index in [1.165, 1.54) is 0 Å². The fourth-order valence-electron chi connectivity index (χ4n) is 2.61. The van der Waals surface area contributed by atoms with Crippen LogP contribution >= 0.6 is 19.3 Å². The van der Waals surface area contributed by atoms with Gasteiger partial charge in [0, 0.05) is 11.7 Å². The summed E-state index contributed by atoms with van der Waals surface area (Å²) in [5.74, 6) is -0.0578. The Bertz CT molecular complexity index is 371. The minimum Gasteiger partial charge on any atom is -0.390 e. The minimum absolute atomic E-state index is 0.0108. The van der Waals surface area contributed by atoms with Gasteiger partial charge in [0.15, 0.2) is 0 Å².